The summed E-state index contributed by atoms with van der Waals surface area (Å²) in [7, 11) is 4.26. The third kappa shape index (κ3) is 5.06. The zero-order valence-corrected chi connectivity index (χ0v) is 15.4. The number of nitrogens with zero attached hydrogens (tertiary/aromatic N) is 5. The molecule has 3 rings (SSSR count). The monoisotopic (exact) mass is 346 g/mol. The number of urea groups is 1. The van der Waals surface area contributed by atoms with Crippen LogP contribution in [-0.4, -0.2) is 92.2 Å². The number of nitrogens with one attached hydrogen (secondary N) is 1. The van der Waals surface area contributed by atoms with Gasteiger partial charge < -0.3 is 24.9 Å². The molecule has 2 saturated heterocycles. The number of carbonyl (C=O) groups is 1. The molecular weight excluding hydrogens is 316 g/mol. The molecule has 25 heavy (non-hydrogen) atoms. The molecule has 2 aliphatic heterocycles. The minimum Gasteiger partial charge on any atom is -0.354 e. The molecule has 2 aliphatic rings. The smallest absolute Gasteiger partial charge is 0.317 e. The lowest BCUT2D eigenvalue weighted by Gasteiger charge is -2.33. The largest absolute Gasteiger partial charge is 0.354 e. The van der Waals surface area contributed by atoms with Gasteiger partial charge in [-0.05, 0) is 38.7 Å². The maximum Gasteiger partial charge on any atom is 0.317 e. The van der Waals surface area contributed by atoms with Crippen molar-refractivity contribution in [3.05, 3.63) is 23.9 Å². The van der Waals surface area contributed by atoms with Gasteiger partial charge in [0.05, 0.1) is 0 Å². The summed E-state index contributed by atoms with van der Waals surface area (Å²) in [5, 5.41) is 3.02. The van der Waals surface area contributed by atoms with E-state index in [4.69, 9.17) is 0 Å². The Bertz CT molecular complexity index is 555. The molecule has 0 bridgehead atoms. The second kappa shape index (κ2) is 8.49. The zero-order valence-electron chi connectivity index (χ0n) is 15.4. The van der Waals surface area contributed by atoms with Crippen LogP contribution in [0.2, 0.25) is 0 Å². The minimum absolute atomic E-state index is 0.0263. The van der Waals surface area contributed by atoms with E-state index in [0.29, 0.717) is 6.54 Å². The summed E-state index contributed by atoms with van der Waals surface area (Å²) >= 11 is 0. The molecule has 0 aromatic carbocycles. The number of aromatic nitrogens is 1. The van der Waals surface area contributed by atoms with Gasteiger partial charge in [-0.25, -0.2) is 9.78 Å². The molecule has 0 spiro atoms. The van der Waals surface area contributed by atoms with Gasteiger partial charge >= 0.3 is 6.03 Å². The van der Waals surface area contributed by atoms with Crippen LogP contribution < -0.4 is 10.2 Å². The summed E-state index contributed by atoms with van der Waals surface area (Å²) in [5.41, 5.74) is 1.04. The van der Waals surface area contributed by atoms with Gasteiger partial charge in [-0.3, -0.25) is 0 Å². The van der Waals surface area contributed by atoms with Crippen LogP contribution in [0.25, 0.3) is 0 Å². The first kappa shape index (κ1) is 17.9. The van der Waals surface area contributed by atoms with Gasteiger partial charge in [-0.15, -0.1) is 0 Å². The Morgan fingerprint density at radius 2 is 1.72 bits per heavy atom. The highest BCUT2D eigenvalue weighted by Gasteiger charge is 2.17. The Hall–Kier alpha value is -1.86. The van der Waals surface area contributed by atoms with Gasteiger partial charge in [0.25, 0.3) is 0 Å². The Morgan fingerprint density at radius 3 is 2.44 bits per heavy atom. The van der Waals surface area contributed by atoms with Gasteiger partial charge in [0.2, 0.25) is 0 Å². The number of rotatable bonds is 3. The topological polar surface area (TPSA) is 55.0 Å². The van der Waals surface area contributed by atoms with Crippen molar-refractivity contribution >= 4 is 11.8 Å². The number of carbonyl (C=O) groups excluding carboxylic acids is 1. The van der Waals surface area contributed by atoms with Crippen molar-refractivity contribution in [3.63, 3.8) is 0 Å². The van der Waals surface area contributed by atoms with Crippen LogP contribution in [-0.2, 0) is 6.54 Å². The Kier molecular flexibility index (Phi) is 6.09. The summed E-state index contributed by atoms with van der Waals surface area (Å²) in [5.74, 6) is 1.03. The van der Waals surface area contributed by atoms with Crippen LogP contribution >= 0.6 is 0 Å². The van der Waals surface area contributed by atoms with E-state index in [2.05, 4.69) is 51.2 Å². The van der Waals surface area contributed by atoms with E-state index in [-0.39, 0.29) is 6.03 Å². The van der Waals surface area contributed by atoms with Crippen molar-refractivity contribution in [2.24, 2.45) is 0 Å². The Balaban J connectivity index is 1.47. The number of hydrogen-bond acceptors (Lipinski definition) is 5. The zero-order chi connectivity index (χ0) is 17.6. The summed E-state index contributed by atoms with van der Waals surface area (Å²) in [6, 6.07) is 4.16. The lowest BCUT2D eigenvalue weighted by Crippen LogP contribution is -2.44. The molecule has 0 atom stereocenters. The number of likely N-dealkylation sites (N-methyl/N-ethyl adjacent to an activating group) is 2. The molecule has 0 unspecified atom stereocenters. The normalized spacial score (nSPS) is 20.4. The molecule has 1 N–H and O–H groups in total. The van der Waals surface area contributed by atoms with Crippen LogP contribution in [0, 0.1) is 0 Å². The number of amides is 2. The van der Waals surface area contributed by atoms with Crippen molar-refractivity contribution in [1.82, 2.24) is 25.0 Å². The highest BCUT2D eigenvalue weighted by molar-refractivity contribution is 5.74. The highest BCUT2D eigenvalue weighted by Crippen LogP contribution is 2.13. The molecule has 138 valence electrons. The van der Waals surface area contributed by atoms with E-state index in [9.17, 15) is 4.79 Å². The van der Waals surface area contributed by atoms with Gasteiger partial charge in [-0.1, -0.05) is 6.07 Å². The van der Waals surface area contributed by atoms with Crippen molar-refractivity contribution in [1.29, 1.82) is 0 Å². The highest BCUT2D eigenvalue weighted by atomic mass is 16.2. The number of piperazine rings is 1. The molecule has 0 saturated carbocycles. The van der Waals surface area contributed by atoms with Crippen molar-refractivity contribution < 1.29 is 4.79 Å². The summed E-state index contributed by atoms with van der Waals surface area (Å²) < 4.78 is 0. The number of hydrogen-bond donors (Lipinski definition) is 1. The lowest BCUT2D eigenvalue weighted by atomic mass is 10.2. The molecule has 1 aromatic rings. The van der Waals surface area contributed by atoms with E-state index in [1.807, 2.05) is 11.1 Å². The van der Waals surface area contributed by atoms with E-state index in [1.54, 1.807) is 0 Å². The molecule has 3 heterocycles. The van der Waals surface area contributed by atoms with Crippen LogP contribution in [0.15, 0.2) is 18.3 Å². The van der Waals surface area contributed by atoms with Crippen molar-refractivity contribution in [2.75, 3.05) is 71.4 Å². The number of pyridine rings is 1. The standard InChI is InChI=1S/C18H30N6O/c1-21-6-3-7-24(13-10-21)18(25)20-15-16-4-5-17(19-14-16)23-11-8-22(2)9-12-23/h4-5,14H,3,6-13,15H2,1-2H3,(H,20,25). The molecule has 0 aliphatic carbocycles. The second-order valence-electron chi connectivity index (χ2n) is 7.12. The first-order valence-electron chi connectivity index (χ1n) is 9.21. The molecule has 7 nitrogen and oxygen atoms in total. The molecule has 2 amide bonds. The average molecular weight is 346 g/mol. The summed E-state index contributed by atoms with van der Waals surface area (Å²) in [6.45, 7) is 8.33. The quantitative estimate of drug-likeness (QED) is 0.872. The molecule has 0 radical (unpaired) electrons. The average Bonchev–Trinajstić information content (AvgIpc) is 2.85. The van der Waals surface area contributed by atoms with E-state index in [0.717, 1.165) is 70.2 Å². The third-order valence-corrected chi connectivity index (χ3v) is 5.09. The molecule has 2 fully saturated rings. The summed E-state index contributed by atoms with van der Waals surface area (Å²) in [6.07, 6.45) is 2.91. The molecule has 7 heteroatoms. The fraction of sp³-hybridized carbons (Fsp3) is 0.667. The van der Waals surface area contributed by atoms with Crippen molar-refractivity contribution in [2.45, 2.75) is 13.0 Å². The first-order valence-corrected chi connectivity index (χ1v) is 9.21. The van der Waals surface area contributed by atoms with E-state index < -0.39 is 0 Å². The van der Waals surface area contributed by atoms with Crippen LogP contribution in [0.5, 0.6) is 0 Å². The van der Waals surface area contributed by atoms with Gasteiger partial charge in [0, 0.05) is 58.6 Å². The molecular formula is C18H30N6O. The first-order chi connectivity index (χ1) is 12.1. The van der Waals surface area contributed by atoms with E-state index >= 15 is 0 Å². The fourth-order valence-electron chi connectivity index (χ4n) is 3.28. The SMILES string of the molecule is CN1CCCN(C(=O)NCc2ccc(N3CCN(C)CC3)nc2)CC1. The lowest BCUT2D eigenvalue weighted by molar-refractivity contribution is 0.199. The van der Waals surface area contributed by atoms with Gasteiger partial charge in [0.1, 0.15) is 5.82 Å². The van der Waals surface area contributed by atoms with Gasteiger partial charge in [-0.2, -0.15) is 0 Å². The predicted octanol–water partition coefficient (Wildman–Crippen LogP) is 0.681. The van der Waals surface area contributed by atoms with Crippen LogP contribution in [0.4, 0.5) is 10.6 Å². The predicted molar refractivity (Wildman–Crippen MR) is 99.9 cm³/mol. The van der Waals surface area contributed by atoms with Crippen LogP contribution in [0.1, 0.15) is 12.0 Å². The maximum atomic E-state index is 12.3. The van der Waals surface area contributed by atoms with Crippen molar-refractivity contribution in [3.8, 4) is 0 Å². The van der Waals surface area contributed by atoms with Gasteiger partial charge in [0.15, 0.2) is 0 Å². The molecule has 1 aromatic heterocycles. The van der Waals surface area contributed by atoms with Crippen LogP contribution in [0.3, 0.4) is 0 Å². The third-order valence-electron chi connectivity index (χ3n) is 5.09. The number of anilines is 1. The fourth-order valence-corrected chi connectivity index (χ4v) is 3.28. The van der Waals surface area contributed by atoms with E-state index in [1.165, 1.54) is 0 Å². The Labute approximate surface area is 150 Å². The Morgan fingerprint density at radius 1 is 1.00 bits per heavy atom. The minimum atomic E-state index is 0.0263. The summed E-state index contributed by atoms with van der Waals surface area (Å²) in [4.78, 5) is 25.8. The second-order valence-corrected chi connectivity index (χ2v) is 7.12. The maximum absolute atomic E-state index is 12.3.